The van der Waals surface area contributed by atoms with Crippen LogP contribution in [-0.2, 0) is 4.79 Å². The minimum absolute atomic E-state index is 0.0161. The third-order valence-corrected chi connectivity index (χ3v) is 2.83. The lowest BCUT2D eigenvalue weighted by Crippen LogP contribution is -2.41. The number of aliphatic carboxylic acids is 1. The number of hydrogen-bond donors (Lipinski definition) is 2. The summed E-state index contributed by atoms with van der Waals surface area (Å²) >= 11 is 0. The molecule has 2 N–H and O–H groups in total. The second kappa shape index (κ2) is 7.22. The molecule has 1 rings (SSSR count). The Balaban J connectivity index is 3.16. The van der Waals surface area contributed by atoms with Gasteiger partial charge >= 0.3 is 5.97 Å². The highest BCUT2D eigenvalue weighted by Crippen LogP contribution is 2.28. The van der Waals surface area contributed by atoms with E-state index in [1.807, 2.05) is 0 Å². The Morgan fingerprint density at radius 1 is 1.48 bits per heavy atom. The quantitative estimate of drug-likeness (QED) is 0.582. The monoisotopic (exact) mass is 296 g/mol. The number of nitro groups is 1. The molecule has 114 valence electrons. The maximum absolute atomic E-state index is 12.2. The highest BCUT2D eigenvalue weighted by Gasteiger charge is 2.28. The maximum Gasteiger partial charge on any atom is 0.326 e. The Kier molecular flexibility index (Phi) is 5.65. The summed E-state index contributed by atoms with van der Waals surface area (Å²) in [5, 5.41) is 22.3. The average molecular weight is 296 g/mol. The molecule has 0 saturated heterocycles. The van der Waals surface area contributed by atoms with Crippen molar-refractivity contribution in [2.24, 2.45) is 0 Å². The summed E-state index contributed by atoms with van der Waals surface area (Å²) in [7, 11) is 1.27. The van der Waals surface area contributed by atoms with Gasteiger partial charge in [0.25, 0.3) is 11.6 Å². The highest BCUT2D eigenvalue weighted by molar-refractivity contribution is 6.02. The number of carbonyl (C=O) groups is 2. The van der Waals surface area contributed by atoms with Crippen molar-refractivity contribution in [2.45, 2.75) is 25.8 Å². The number of nitrogens with one attached hydrogen (secondary N) is 1. The normalized spacial score (nSPS) is 11.5. The predicted molar refractivity (Wildman–Crippen MR) is 73.4 cm³/mol. The van der Waals surface area contributed by atoms with Gasteiger partial charge in [0.2, 0.25) is 0 Å². The first-order valence-electron chi connectivity index (χ1n) is 6.27. The lowest BCUT2D eigenvalue weighted by Gasteiger charge is -2.15. The van der Waals surface area contributed by atoms with Crippen LogP contribution in [0.1, 0.15) is 30.1 Å². The third-order valence-electron chi connectivity index (χ3n) is 2.83. The highest BCUT2D eigenvalue weighted by atomic mass is 16.6. The Morgan fingerprint density at radius 3 is 2.62 bits per heavy atom. The average Bonchev–Trinajstić information content (AvgIpc) is 2.45. The molecule has 0 fully saturated rings. The first-order valence-corrected chi connectivity index (χ1v) is 6.27. The van der Waals surface area contributed by atoms with Crippen molar-refractivity contribution in [3.8, 4) is 5.75 Å². The maximum atomic E-state index is 12.2. The lowest BCUT2D eigenvalue weighted by atomic mass is 10.1. The van der Waals surface area contributed by atoms with E-state index >= 15 is 0 Å². The Labute approximate surface area is 120 Å². The summed E-state index contributed by atoms with van der Waals surface area (Å²) < 4.78 is 4.95. The van der Waals surface area contributed by atoms with Gasteiger partial charge < -0.3 is 15.2 Å². The van der Waals surface area contributed by atoms with Gasteiger partial charge in [-0.3, -0.25) is 14.9 Å². The van der Waals surface area contributed by atoms with Crippen molar-refractivity contribution in [1.82, 2.24) is 5.32 Å². The molecule has 21 heavy (non-hydrogen) atoms. The van der Waals surface area contributed by atoms with Crippen LogP contribution >= 0.6 is 0 Å². The van der Waals surface area contributed by atoms with Gasteiger partial charge in [-0.1, -0.05) is 19.4 Å². The van der Waals surface area contributed by atoms with E-state index in [1.54, 1.807) is 6.92 Å². The van der Waals surface area contributed by atoms with Crippen LogP contribution in [0, 0.1) is 10.1 Å². The zero-order valence-electron chi connectivity index (χ0n) is 11.7. The van der Waals surface area contributed by atoms with E-state index in [0.29, 0.717) is 6.42 Å². The molecule has 1 aromatic rings. The molecule has 1 atom stereocenters. The van der Waals surface area contributed by atoms with Gasteiger partial charge in [0, 0.05) is 6.07 Å². The first-order chi connectivity index (χ1) is 9.92. The number of carbonyl (C=O) groups excluding carboxylic acids is 1. The van der Waals surface area contributed by atoms with Crippen LogP contribution in [0.5, 0.6) is 5.75 Å². The number of nitro benzene ring substituents is 1. The zero-order chi connectivity index (χ0) is 16.0. The summed E-state index contributed by atoms with van der Waals surface area (Å²) in [4.78, 5) is 33.5. The molecule has 0 radical (unpaired) electrons. The number of carboxylic acid groups (broad SMARTS) is 1. The Hall–Kier alpha value is -2.64. The van der Waals surface area contributed by atoms with Crippen molar-refractivity contribution in [3.05, 3.63) is 33.9 Å². The van der Waals surface area contributed by atoms with Crippen molar-refractivity contribution in [2.75, 3.05) is 7.11 Å². The van der Waals surface area contributed by atoms with Crippen molar-refractivity contribution < 1.29 is 24.4 Å². The van der Waals surface area contributed by atoms with Gasteiger partial charge in [0.15, 0.2) is 5.56 Å². The smallest absolute Gasteiger partial charge is 0.326 e. The molecule has 0 heterocycles. The van der Waals surface area contributed by atoms with Crippen LogP contribution in [0.15, 0.2) is 18.2 Å². The van der Waals surface area contributed by atoms with Gasteiger partial charge in [-0.15, -0.1) is 0 Å². The van der Waals surface area contributed by atoms with E-state index in [1.165, 1.54) is 19.2 Å². The first kappa shape index (κ1) is 16.4. The Bertz CT molecular complexity index is 558. The molecule has 0 unspecified atom stereocenters. The zero-order valence-corrected chi connectivity index (χ0v) is 11.7. The van der Waals surface area contributed by atoms with Gasteiger partial charge in [-0.25, -0.2) is 4.79 Å². The summed E-state index contributed by atoms with van der Waals surface area (Å²) in [6.45, 7) is 1.77. The number of rotatable bonds is 7. The van der Waals surface area contributed by atoms with Crippen LogP contribution in [0.2, 0.25) is 0 Å². The largest absolute Gasteiger partial charge is 0.496 e. The molecule has 1 amide bonds. The summed E-state index contributed by atoms with van der Waals surface area (Å²) in [6, 6.07) is 2.84. The molecule has 0 aliphatic rings. The van der Waals surface area contributed by atoms with E-state index in [9.17, 15) is 19.7 Å². The van der Waals surface area contributed by atoms with Crippen LogP contribution in [-0.4, -0.2) is 35.1 Å². The van der Waals surface area contributed by atoms with Gasteiger partial charge in [-0.2, -0.15) is 0 Å². The number of methoxy groups -OCH3 is 1. The Morgan fingerprint density at radius 2 is 2.14 bits per heavy atom. The van der Waals surface area contributed by atoms with Gasteiger partial charge in [-0.05, 0) is 12.5 Å². The van der Waals surface area contributed by atoms with Crippen molar-refractivity contribution >= 4 is 17.6 Å². The molecular weight excluding hydrogens is 280 g/mol. The molecule has 0 bridgehead atoms. The molecular formula is C13H16N2O6. The third kappa shape index (κ3) is 3.91. The number of nitrogens with zero attached hydrogens (tertiary/aromatic N) is 1. The molecule has 1 aromatic carbocycles. The predicted octanol–water partition coefficient (Wildman–Crippen LogP) is 1.59. The standard InChI is InChI=1S/C13H16N2O6/c1-3-5-8(13(17)18)14-12(16)11-9(15(19)20)6-4-7-10(11)21-2/h4,6-8H,3,5H2,1-2H3,(H,14,16)(H,17,18)/t8-/m1/s1. The van der Waals surface area contributed by atoms with E-state index in [-0.39, 0.29) is 17.7 Å². The van der Waals surface area contributed by atoms with Crippen molar-refractivity contribution in [3.63, 3.8) is 0 Å². The second-order valence-electron chi connectivity index (χ2n) is 4.26. The summed E-state index contributed by atoms with van der Waals surface area (Å²) in [5.41, 5.74) is -0.722. The molecule has 0 saturated carbocycles. The fraction of sp³-hybridized carbons (Fsp3) is 0.385. The van der Waals surface area contributed by atoms with Crippen molar-refractivity contribution in [1.29, 1.82) is 0 Å². The molecule has 8 heteroatoms. The number of ether oxygens (including phenoxy) is 1. The fourth-order valence-corrected chi connectivity index (χ4v) is 1.85. The minimum atomic E-state index is -1.19. The van der Waals surface area contributed by atoms with Gasteiger partial charge in [0.05, 0.1) is 12.0 Å². The van der Waals surface area contributed by atoms with Crippen LogP contribution in [0.4, 0.5) is 5.69 Å². The SMILES string of the molecule is CCC[C@@H](NC(=O)c1c(OC)cccc1[N+](=O)[O-])C(=O)O. The number of hydrogen-bond acceptors (Lipinski definition) is 5. The summed E-state index contributed by atoms with van der Waals surface area (Å²) in [6.07, 6.45) is 0.773. The molecule has 0 spiro atoms. The van der Waals surface area contributed by atoms with Crippen LogP contribution < -0.4 is 10.1 Å². The minimum Gasteiger partial charge on any atom is -0.496 e. The van der Waals surface area contributed by atoms with E-state index in [2.05, 4.69) is 5.32 Å². The summed E-state index contributed by atoms with van der Waals surface area (Å²) in [5.74, 6) is -2.02. The number of amides is 1. The van der Waals surface area contributed by atoms with E-state index < -0.39 is 28.5 Å². The topological polar surface area (TPSA) is 119 Å². The number of carboxylic acids is 1. The fourth-order valence-electron chi connectivity index (χ4n) is 1.85. The van der Waals surface area contributed by atoms with E-state index in [0.717, 1.165) is 6.07 Å². The molecule has 0 aliphatic carbocycles. The van der Waals surface area contributed by atoms with Gasteiger partial charge in [0.1, 0.15) is 11.8 Å². The molecule has 0 aliphatic heterocycles. The lowest BCUT2D eigenvalue weighted by molar-refractivity contribution is -0.385. The van der Waals surface area contributed by atoms with E-state index in [4.69, 9.17) is 9.84 Å². The van der Waals surface area contributed by atoms with Crippen LogP contribution in [0.3, 0.4) is 0 Å². The second-order valence-corrected chi connectivity index (χ2v) is 4.26. The number of benzene rings is 1. The molecule has 8 nitrogen and oxygen atoms in total. The van der Waals surface area contributed by atoms with Crippen LogP contribution in [0.25, 0.3) is 0 Å². The molecule has 0 aromatic heterocycles.